The highest BCUT2D eigenvalue weighted by molar-refractivity contribution is 5.85. The van der Waals surface area contributed by atoms with Crippen LogP contribution in [0.4, 0.5) is 0 Å². The predicted molar refractivity (Wildman–Crippen MR) is 561 cm³/mol. The van der Waals surface area contributed by atoms with Gasteiger partial charge in [-0.1, -0.05) is 455 Å². The van der Waals surface area contributed by atoms with Crippen molar-refractivity contribution in [2.24, 2.45) is 0 Å². The van der Waals surface area contributed by atoms with Crippen LogP contribution in [0.25, 0.3) is 237 Å². The van der Waals surface area contributed by atoms with E-state index in [9.17, 15) is 0 Å². The molecule has 12 heteroatoms. The van der Waals surface area contributed by atoms with E-state index in [2.05, 4.69) is 291 Å². The Kier molecular flexibility index (Phi) is 24.2. The van der Waals surface area contributed by atoms with Crippen LogP contribution in [-0.2, 0) is 0 Å². The van der Waals surface area contributed by atoms with E-state index >= 15 is 0 Å². The second-order valence-corrected chi connectivity index (χ2v) is 33.5. The fraction of sp³-hybridized carbons (Fsp3) is 0. The quantitative estimate of drug-likeness (QED) is 0.0672. The molecule has 138 heavy (non-hydrogen) atoms. The van der Waals surface area contributed by atoms with Gasteiger partial charge in [0, 0.05) is 66.8 Å². The van der Waals surface area contributed by atoms with Gasteiger partial charge in [0.1, 0.15) is 0 Å². The number of aromatic nitrogens is 12. The smallest absolute Gasteiger partial charge is 0.164 e. The van der Waals surface area contributed by atoms with Gasteiger partial charge in [0.15, 0.2) is 69.9 Å². The van der Waals surface area contributed by atoms with Gasteiger partial charge in [-0.3, -0.25) is 0 Å². The highest BCUT2D eigenvalue weighted by Crippen LogP contribution is 2.40. The molecule has 12 nitrogen and oxygen atoms in total. The zero-order valence-electron chi connectivity index (χ0n) is 74.9. The molecule has 23 rings (SSSR count). The molecule has 0 bridgehead atoms. The summed E-state index contributed by atoms with van der Waals surface area (Å²) in [5, 5.41) is 0. The fourth-order valence-corrected chi connectivity index (χ4v) is 17.2. The molecule has 0 aliphatic carbocycles. The molecule has 0 N–H and O–H groups in total. The van der Waals surface area contributed by atoms with Crippen LogP contribution < -0.4 is 0 Å². The average molecular weight is 1770 g/mol. The second-order valence-electron chi connectivity index (χ2n) is 33.5. The normalized spacial score (nSPS) is 11.0. The lowest BCUT2D eigenvalue weighted by Gasteiger charge is -2.12. The SMILES string of the molecule is c1ccc(-c2ccc(-c3ccc(-c4nc(-c5ccccc5)nc(-c5cccc(-c6cccc(-c7cccc(-c8cccc(-c9nc(-c%10ccccc%10)nc(-c%10ccccc%10)n9)c8)c7)c6)c5)n4)cc3)cc2)cc1.c1ccc(-c2nc(-c3ccccc3)nc(-c3cccc(-c4cccc(-c5cccc(-c6cccc(-c7cccc(-c8nc(-c9ccccc9)nc(-c9ccccc9)n8)c7)c6)c5)c4)c3)n2)cc1. The number of benzene rings is 19. The fourth-order valence-electron chi connectivity index (χ4n) is 17.2. The lowest BCUT2D eigenvalue weighted by atomic mass is 9.94. The number of nitrogens with zero attached hydrogens (tertiary/aromatic N) is 12. The average Bonchev–Trinajstić information content (AvgIpc) is 0.776. The lowest BCUT2D eigenvalue weighted by molar-refractivity contribution is 1.07. The van der Waals surface area contributed by atoms with Crippen LogP contribution in [0.3, 0.4) is 0 Å². The molecule has 648 valence electrons. The van der Waals surface area contributed by atoms with E-state index in [-0.39, 0.29) is 0 Å². The zero-order valence-corrected chi connectivity index (χ0v) is 74.9. The van der Waals surface area contributed by atoms with Gasteiger partial charge >= 0.3 is 0 Å². The first-order valence-electron chi connectivity index (χ1n) is 45.9. The van der Waals surface area contributed by atoms with Gasteiger partial charge < -0.3 is 0 Å². The summed E-state index contributed by atoms with van der Waals surface area (Å²) in [6, 6.07) is 175. The Hall–Kier alpha value is -18.8. The molecule has 0 aliphatic heterocycles. The molecular formula is C126H84N12. The molecule has 4 heterocycles. The van der Waals surface area contributed by atoms with Crippen molar-refractivity contribution < 1.29 is 0 Å². The minimum absolute atomic E-state index is 0.608. The maximum atomic E-state index is 5.11. The molecular weight excluding hydrogens is 1680 g/mol. The summed E-state index contributed by atoms with van der Waals surface area (Å²) in [4.78, 5) is 59.7. The van der Waals surface area contributed by atoms with E-state index in [0.29, 0.717) is 69.9 Å². The lowest BCUT2D eigenvalue weighted by Crippen LogP contribution is -2.00. The molecule has 0 aliphatic rings. The van der Waals surface area contributed by atoms with E-state index in [1.54, 1.807) is 0 Å². The van der Waals surface area contributed by atoms with E-state index in [1.165, 1.54) is 11.1 Å². The van der Waals surface area contributed by atoms with Crippen molar-refractivity contribution in [3.8, 4) is 237 Å². The number of hydrogen-bond donors (Lipinski definition) is 0. The van der Waals surface area contributed by atoms with Crippen LogP contribution in [0.5, 0.6) is 0 Å². The Bertz CT molecular complexity index is 7870. The van der Waals surface area contributed by atoms with Crippen LogP contribution in [0.2, 0.25) is 0 Å². The van der Waals surface area contributed by atoms with Crippen molar-refractivity contribution in [3.05, 3.63) is 510 Å². The first kappa shape index (κ1) is 84.7. The molecule has 4 aromatic heterocycles. The van der Waals surface area contributed by atoms with E-state index in [1.807, 2.05) is 218 Å². The molecule has 19 aromatic carbocycles. The van der Waals surface area contributed by atoms with Crippen molar-refractivity contribution in [1.29, 1.82) is 0 Å². The Morgan fingerprint density at radius 3 is 0.297 bits per heavy atom. The van der Waals surface area contributed by atoms with Gasteiger partial charge in [-0.05, 0) is 155 Å². The molecule has 0 amide bonds. The summed E-state index contributed by atoms with van der Waals surface area (Å²) >= 11 is 0. The third kappa shape index (κ3) is 19.2. The van der Waals surface area contributed by atoms with Gasteiger partial charge in [0.2, 0.25) is 0 Å². The molecule has 0 saturated heterocycles. The molecule has 0 unspecified atom stereocenters. The molecule has 0 fully saturated rings. The van der Waals surface area contributed by atoms with Gasteiger partial charge in [-0.2, -0.15) is 0 Å². The minimum atomic E-state index is 0.608. The summed E-state index contributed by atoms with van der Waals surface area (Å²) in [6.07, 6.45) is 0. The second kappa shape index (κ2) is 39.3. The van der Waals surface area contributed by atoms with E-state index in [0.717, 1.165) is 156 Å². The molecule has 0 radical (unpaired) electrons. The maximum absolute atomic E-state index is 5.11. The number of hydrogen-bond acceptors (Lipinski definition) is 12. The van der Waals surface area contributed by atoms with Crippen LogP contribution in [-0.4, -0.2) is 59.8 Å². The van der Waals surface area contributed by atoms with Crippen molar-refractivity contribution in [2.75, 3.05) is 0 Å². The summed E-state index contributed by atoms with van der Waals surface area (Å²) < 4.78 is 0. The highest BCUT2D eigenvalue weighted by atomic mass is 15.1. The Morgan fingerprint density at radius 1 is 0.0652 bits per heavy atom. The molecule has 0 atom stereocenters. The summed E-state index contributed by atoms with van der Waals surface area (Å²) in [5.74, 6) is 7.55. The Morgan fingerprint density at radius 2 is 0.152 bits per heavy atom. The Balaban J connectivity index is 0.000000160. The van der Waals surface area contributed by atoms with Crippen LogP contribution in [0.1, 0.15) is 0 Å². The van der Waals surface area contributed by atoms with Gasteiger partial charge in [0.25, 0.3) is 0 Å². The minimum Gasteiger partial charge on any atom is -0.208 e. The van der Waals surface area contributed by atoms with Crippen LogP contribution in [0, 0.1) is 0 Å². The topological polar surface area (TPSA) is 155 Å². The van der Waals surface area contributed by atoms with Gasteiger partial charge in [-0.25, -0.2) is 59.8 Å². The van der Waals surface area contributed by atoms with Crippen LogP contribution >= 0.6 is 0 Å². The van der Waals surface area contributed by atoms with Crippen molar-refractivity contribution >= 4 is 0 Å². The first-order chi connectivity index (χ1) is 68.3. The first-order valence-corrected chi connectivity index (χ1v) is 45.9. The highest BCUT2D eigenvalue weighted by Gasteiger charge is 2.21. The van der Waals surface area contributed by atoms with Gasteiger partial charge in [0.05, 0.1) is 0 Å². The number of rotatable bonds is 21. The maximum Gasteiger partial charge on any atom is 0.164 e. The zero-order chi connectivity index (χ0) is 92.1. The summed E-state index contributed by atoms with van der Waals surface area (Å²) in [5.41, 5.74) is 31.2. The third-order valence-electron chi connectivity index (χ3n) is 24.4. The van der Waals surface area contributed by atoms with E-state index in [4.69, 9.17) is 59.8 Å². The molecule has 23 aromatic rings. The van der Waals surface area contributed by atoms with Crippen molar-refractivity contribution in [3.63, 3.8) is 0 Å². The van der Waals surface area contributed by atoms with Crippen molar-refractivity contribution in [2.45, 2.75) is 0 Å². The largest absolute Gasteiger partial charge is 0.208 e. The summed E-state index contributed by atoms with van der Waals surface area (Å²) in [6.45, 7) is 0. The van der Waals surface area contributed by atoms with Crippen molar-refractivity contribution in [1.82, 2.24) is 59.8 Å². The predicted octanol–water partition coefficient (Wildman–Crippen LogP) is 31.1. The van der Waals surface area contributed by atoms with E-state index < -0.39 is 0 Å². The molecule has 0 saturated carbocycles. The molecule has 0 spiro atoms. The van der Waals surface area contributed by atoms with Crippen LogP contribution in [0.15, 0.2) is 510 Å². The monoisotopic (exact) mass is 1760 g/mol. The standard InChI is InChI=1S/C66H44N6.C60H40N6/c1-5-17-45(18-6-1)46-33-35-47(36-34-46)48-37-39-52(40-38-48)64-68-63(51-23-11-4-12-24-51)71-66(72-64)60-32-16-30-58(44-60)56-28-14-26-54(42-56)53-25-13-27-55(41-53)57-29-15-31-59(43-57)65-69-61(49-19-7-2-8-20-49)67-62(70-65)50-21-9-3-10-22-50;1-5-18-41(19-6-1)55-61-56(42-20-7-2-8-21-42)64-59(63-55)53-34-16-32-51(39-53)49-30-14-28-47(37-49)45-26-13-27-46(36-45)48-29-15-31-50(38-48)52-33-17-35-54(40-52)60-65-57(43-22-9-3-10-23-43)62-58(66-60)44-24-11-4-12-25-44/h1-44H;1-40H. The Labute approximate surface area is 800 Å². The van der Waals surface area contributed by atoms with Gasteiger partial charge in [-0.15, -0.1) is 0 Å². The third-order valence-corrected chi connectivity index (χ3v) is 24.4. The summed E-state index contributed by atoms with van der Waals surface area (Å²) in [7, 11) is 0.